The van der Waals surface area contributed by atoms with Crippen LogP contribution >= 0.6 is 0 Å². The zero-order valence-corrected chi connectivity index (χ0v) is 5.96. The maximum absolute atomic E-state index is 12.7. The summed E-state index contributed by atoms with van der Waals surface area (Å²) in [6, 6.07) is -0.867. The van der Waals surface area contributed by atoms with Crippen LogP contribution in [0.5, 0.6) is 0 Å². The number of carboxylic acids is 1. The average Bonchev–Trinajstić information content (AvgIpc) is 1.94. The van der Waals surface area contributed by atoms with Gasteiger partial charge in [-0.15, -0.1) is 0 Å². The highest BCUT2D eigenvalue weighted by molar-refractivity contribution is 5.71. The molecule has 1 saturated heterocycles. The summed E-state index contributed by atoms with van der Waals surface area (Å²) in [4.78, 5) is 10.4. The van der Waals surface area contributed by atoms with E-state index in [1.54, 1.807) is 0 Å². The van der Waals surface area contributed by atoms with Crippen molar-refractivity contribution in [3.63, 3.8) is 0 Å². The Morgan fingerprint density at radius 2 is 2.27 bits per heavy atom. The van der Waals surface area contributed by atoms with Crippen LogP contribution in [0.15, 0.2) is 0 Å². The molecule has 1 fully saturated rings. The van der Waals surface area contributed by atoms with Crippen LogP contribution in [-0.4, -0.2) is 36.4 Å². The number of aliphatic carboxylic acids is 1. The fourth-order valence-corrected chi connectivity index (χ4v) is 1.15. The SMILES string of the molecule is NC1C(F)CNCC1C(=O)O. The van der Waals surface area contributed by atoms with Crippen molar-refractivity contribution in [1.82, 2.24) is 5.32 Å². The van der Waals surface area contributed by atoms with Gasteiger partial charge in [0.1, 0.15) is 6.17 Å². The first-order valence-electron chi connectivity index (χ1n) is 3.46. The second kappa shape index (κ2) is 3.15. The highest BCUT2D eigenvalue weighted by atomic mass is 19.1. The Bertz CT molecular complexity index is 165. The van der Waals surface area contributed by atoms with Crippen molar-refractivity contribution in [2.75, 3.05) is 13.1 Å². The lowest BCUT2D eigenvalue weighted by atomic mass is 9.93. The Labute approximate surface area is 63.6 Å². The van der Waals surface area contributed by atoms with Crippen molar-refractivity contribution in [1.29, 1.82) is 0 Å². The number of rotatable bonds is 1. The molecule has 0 spiro atoms. The number of hydrogen-bond donors (Lipinski definition) is 3. The molecule has 1 aliphatic rings. The Morgan fingerprint density at radius 1 is 1.64 bits per heavy atom. The van der Waals surface area contributed by atoms with Gasteiger partial charge in [0, 0.05) is 13.1 Å². The van der Waals surface area contributed by atoms with E-state index in [9.17, 15) is 9.18 Å². The molecule has 0 bridgehead atoms. The van der Waals surface area contributed by atoms with Crippen molar-refractivity contribution in [2.24, 2.45) is 11.7 Å². The quantitative estimate of drug-likeness (QED) is 0.460. The molecular weight excluding hydrogens is 151 g/mol. The minimum atomic E-state index is -1.25. The van der Waals surface area contributed by atoms with Crippen LogP contribution in [0.1, 0.15) is 0 Å². The molecule has 0 aromatic rings. The summed E-state index contributed by atoms with van der Waals surface area (Å²) in [5.74, 6) is -1.83. The molecule has 3 unspecified atom stereocenters. The zero-order valence-electron chi connectivity index (χ0n) is 5.96. The van der Waals surface area contributed by atoms with Crippen LogP contribution < -0.4 is 11.1 Å². The summed E-state index contributed by atoms with van der Waals surface area (Å²) < 4.78 is 12.7. The molecule has 0 saturated carbocycles. The highest BCUT2D eigenvalue weighted by Gasteiger charge is 2.34. The van der Waals surface area contributed by atoms with Gasteiger partial charge in [0.2, 0.25) is 0 Å². The number of nitrogens with one attached hydrogen (secondary N) is 1. The summed E-state index contributed by atoms with van der Waals surface area (Å²) in [6.45, 7) is 0.419. The number of piperidine rings is 1. The number of carbonyl (C=O) groups is 1. The minimum Gasteiger partial charge on any atom is -0.481 e. The zero-order chi connectivity index (χ0) is 8.43. The third-order valence-electron chi connectivity index (χ3n) is 1.90. The molecule has 0 aromatic carbocycles. The lowest BCUT2D eigenvalue weighted by Gasteiger charge is -2.28. The maximum Gasteiger partial charge on any atom is 0.309 e. The Morgan fingerprint density at radius 3 is 2.73 bits per heavy atom. The third kappa shape index (κ3) is 1.66. The van der Waals surface area contributed by atoms with Crippen LogP contribution in [0.3, 0.4) is 0 Å². The molecule has 5 heteroatoms. The third-order valence-corrected chi connectivity index (χ3v) is 1.90. The van der Waals surface area contributed by atoms with Crippen molar-refractivity contribution in [3.05, 3.63) is 0 Å². The van der Waals surface area contributed by atoms with E-state index in [-0.39, 0.29) is 13.1 Å². The van der Waals surface area contributed by atoms with E-state index in [1.807, 2.05) is 0 Å². The van der Waals surface area contributed by atoms with Gasteiger partial charge in [-0.05, 0) is 0 Å². The van der Waals surface area contributed by atoms with E-state index in [0.717, 1.165) is 0 Å². The number of hydrogen-bond acceptors (Lipinski definition) is 3. The normalized spacial score (nSPS) is 38.5. The molecular formula is C6H11FN2O2. The average molecular weight is 162 g/mol. The van der Waals surface area contributed by atoms with Crippen molar-refractivity contribution in [3.8, 4) is 0 Å². The molecule has 64 valence electrons. The second-order valence-electron chi connectivity index (χ2n) is 2.70. The fraction of sp³-hybridized carbons (Fsp3) is 0.833. The van der Waals surface area contributed by atoms with Gasteiger partial charge in [-0.3, -0.25) is 4.79 Å². The second-order valence-corrected chi connectivity index (χ2v) is 2.70. The molecule has 1 rings (SSSR count). The first-order chi connectivity index (χ1) is 5.13. The van der Waals surface area contributed by atoms with Crippen molar-refractivity contribution < 1.29 is 14.3 Å². The van der Waals surface area contributed by atoms with E-state index >= 15 is 0 Å². The van der Waals surface area contributed by atoms with Crippen LogP contribution in [0, 0.1) is 5.92 Å². The summed E-state index contributed by atoms with van der Waals surface area (Å²) in [6.07, 6.45) is -1.25. The standard InChI is InChI=1S/C6H11FN2O2/c7-4-2-9-1-3(5(4)8)6(10)11/h3-5,9H,1-2,8H2,(H,10,11). The molecule has 1 aliphatic heterocycles. The lowest BCUT2D eigenvalue weighted by Crippen LogP contribution is -2.55. The van der Waals surface area contributed by atoms with E-state index in [1.165, 1.54) is 0 Å². The van der Waals surface area contributed by atoms with Gasteiger partial charge in [0.25, 0.3) is 0 Å². The van der Waals surface area contributed by atoms with Gasteiger partial charge in [-0.25, -0.2) is 4.39 Å². The predicted octanol–water partition coefficient (Wildman–Crippen LogP) is -1.04. The molecule has 11 heavy (non-hydrogen) atoms. The molecule has 0 amide bonds. The topological polar surface area (TPSA) is 75.3 Å². The molecule has 0 aliphatic carbocycles. The van der Waals surface area contributed by atoms with Crippen molar-refractivity contribution in [2.45, 2.75) is 12.2 Å². The lowest BCUT2D eigenvalue weighted by molar-refractivity contribution is -0.143. The number of alkyl halides is 1. The molecule has 0 aromatic heterocycles. The molecule has 0 radical (unpaired) electrons. The Kier molecular flexibility index (Phi) is 2.41. The Hall–Kier alpha value is -0.680. The van der Waals surface area contributed by atoms with Gasteiger partial charge >= 0.3 is 5.97 Å². The van der Waals surface area contributed by atoms with Crippen LogP contribution in [0.4, 0.5) is 4.39 Å². The monoisotopic (exact) mass is 162 g/mol. The van der Waals surface area contributed by atoms with Gasteiger partial charge in [0.05, 0.1) is 12.0 Å². The fourth-order valence-electron chi connectivity index (χ4n) is 1.15. The molecule has 1 heterocycles. The van der Waals surface area contributed by atoms with Crippen molar-refractivity contribution >= 4 is 5.97 Å². The highest BCUT2D eigenvalue weighted by Crippen LogP contribution is 2.12. The van der Waals surface area contributed by atoms with Gasteiger partial charge < -0.3 is 16.2 Å². The first kappa shape index (κ1) is 8.42. The maximum atomic E-state index is 12.7. The summed E-state index contributed by atoms with van der Waals surface area (Å²) in [5.41, 5.74) is 5.33. The number of carboxylic acid groups (broad SMARTS) is 1. The van der Waals surface area contributed by atoms with Gasteiger partial charge in [-0.1, -0.05) is 0 Å². The van der Waals surface area contributed by atoms with Gasteiger partial charge in [0.15, 0.2) is 0 Å². The van der Waals surface area contributed by atoms with Crippen LogP contribution in [0.25, 0.3) is 0 Å². The molecule has 4 N–H and O–H groups in total. The number of nitrogens with two attached hydrogens (primary N) is 1. The smallest absolute Gasteiger partial charge is 0.309 e. The van der Waals surface area contributed by atoms with Crippen LogP contribution in [0.2, 0.25) is 0 Å². The predicted molar refractivity (Wildman–Crippen MR) is 36.9 cm³/mol. The van der Waals surface area contributed by atoms with E-state index in [2.05, 4.69) is 5.32 Å². The summed E-state index contributed by atoms with van der Waals surface area (Å²) >= 11 is 0. The van der Waals surface area contributed by atoms with E-state index in [0.29, 0.717) is 0 Å². The summed E-state index contributed by atoms with van der Waals surface area (Å²) in [7, 11) is 0. The Balaban J connectivity index is 2.58. The van der Waals surface area contributed by atoms with Gasteiger partial charge in [-0.2, -0.15) is 0 Å². The molecule has 4 nitrogen and oxygen atoms in total. The molecule has 3 atom stereocenters. The summed E-state index contributed by atoms with van der Waals surface area (Å²) in [5, 5.41) is 11.2. The van der Waals surface area contributed by atoms with E-state index in [4.69, 9.17) is 10.8 Å². The minimum absolute atomic E-state index is 0.158. The van der Waals surface area contributed by atoms with Crippen LogP contribution in [-0.2, 0) is 4.79 Å². The van der Waals surface area contributed by atoms with E-state index < -0.39 is 24.1 Å². The first-order valence-corrected chi connectivity index (χ1v) is 3.46. The largest absolute Gasteiger partial charge is 0.481 e. The number of halogens is 1.